The number of likely N-dealkylation sites (N-methyl/N-ethyl adjacent to an activating group) is 1. The van der Waals surface area contributed by atoms with Crippen molar-refractivity contribution in [3.63, 3.8) is 0 Å². The first-order valence-electron chi connectivity index (χ1n) is 6.27. The molecule has 0 aromatic heterocycles. The Morgan fingerprint density at radius 2 is 2.20 bits per heavy atom. The molecule has 1 amide bonds. The summed E-state index contributed by atoms with van der Waals surface area (Å²) in [6.45, 7) is 0.479. The Morgan fingerprint density at radius 1 is 1.40 bits per heavy atom. The van der Waals surface area contributed by atoms with Crippen molar-refractivity contribution in [2.45, 2.75) is 13.0 Å². The maximum Gasteiger partial charge on any atom is 0.352 e. The van der Waals surface area contributed by atoms with E-state index in [1.807, 2.05) is 12.1 Å². The number of methoxy groups -OCH3 is 1. The van der Waals surface area contributed by atoms with Crippen LogP contribution in [0.2, 0.25) is 0 Å². The van der Waals surface area contributed by atoms with Crippen molar-refractivity contribution in [3.05, 3.63) is 23.3 Å². The third-order valence-corrected chi connectivity index (χ3v) is 3.59. The lowest BCUT2D eigenvalue weighted by Gasteiger charge is -2.28. The minimum atomic E-state index is -0.408. The maximum absolute atomic E-state index is 11.6. The van der Waals surface area contributed by atoms with Crippen LogP contribution in [0.15, 0.2) is 17.1 Å². The van der Waals surface area contributed by atoms with Crippen LogP contribution in [-0.4, -0.2) is 38.4 Å². The normalized spacial score (nSPS) is 16.8. The number of carbonyl (C=O) groups is 2. The molecule has 0 atom stereocenters. The molecule has 104 valence electrons. The molecule has 1 aromatic carbocycles. The van der Waals surface area contributed by atoms with Crippen LogP contribution >= 0.6 is 0 Å². The van der Waals surface area contributed by atoms with Gasteiger partial charge in [-0.1, -0.05) is 0 Å². The number of fused-ring (bicyclic) bond motifs is 2. The first-order chi connectivity index (χ1) is 9.60. The molecular formula is C14H14N2O4. The van der Waals surface area contributed by atoms with Gasteiger partial charge in [-0.15, -0.1) is 0 Å². The molecule has 0 fully saturated rings. The summed E-state index contributed by atoms with van der Waals surface area (Å²) in [5.41, 5.74) is 3.13. The number of hydrogen-bond acceptors (Lipinski definition) is 5. The molecule has 2 aliphatic heterocycles. The highest BCUT2D eigenvalue weighted by atomic mass is 16.5. The summed E-state index contributed by atoms with van der Waals surface area (Å²) in [7, 11) is 3.06. The average molecular weight is 274 g/mol. The van der Waals surface area contributed by atoms with Gasteiger partial charge in [-0.3, -0.25) is 9.79 Å². The van der Waals surface area contributed by atoms with E-state index in [1.165, 1.54) is 7.11 Å². The van der Waals surface area contributed by atoms with E-state index in [9.17, 15) is 9.59 Å². The fourth-order valence-electron chi connectivity index (χ4n) is 2.39. The summed E-state index contributed by atoms with van der Waals surface area (Å²) < 4.78 is 10.1. The van der Waals surface area contributed by atoms with E-state index in [0.29, 0.717) is 24.4 Å². The number of rotatable bonds is 1. The van der Waals surface area contributed by atoms with E-state index in [0.717, 1.165) is 16.8 Å². The van der Waals surface area contributed by atoms with Crippen molar-refractivity contribution in [1.82, 2.24) is 0 Å². The van der Waals surface area contributed by atoms with Gasteiger partial charge in [-0.2, -0.15) is 0 Å². The number of ether oxygens (including phenoxy) is 2. The Kier molecular flexibility index (Phi) is 2.93. The lowest BCUT2D eigenvalue weighted by Crippen LogP contribution is -2.35. The molecular weight excluding hydrogens is 260 g/mol. The molecule has 0 unspecified atom stereocenters. The summed E-state index contributed by atoms with van der Waals surface area (Å²) in [5.74, 6) is 0.187. The Labute approximate surface area is 116 Å². The standard InChI is InChI=1S/C14H14N2O4/c1-16-11-4-8-3-10(14(18)19-2)15-6-9(8)5-12(11)20-7-13(16)17/h4-5H,3,6-7H2,1-2H3. The minimum Gasteiger partial charge on any atom is -0.482 e. The van der Waals surface area contributed by atoms with Gasteiger partial charge >= 0.3 is 5.97 Å². The largest absolute Gasteiger partial charge is 0.482 e. The van der Waals surface area contributed by atoms with Crippen LogP contribution in [0.4, 0.5) is 5.69 Å². The van der Waals surface area contributed by atoms with E-state index in [-0.39, 0.29) is 12.5 Å². The zero-order valence-corrected chi connectivity index (χ0v) is 11.3. The monoisotopic (exact) mass is 274 g/mol. The number of esters is 1. The average Bonchev–Trinajstić information content (AvgIpc) is 2.48. The second kappa shape index (κ2) is 4.63. The molecule has 3 rings (SSSR count). The van der Waals surface area contributed by atoms with Gasteiger partial charge in [0.25, 0.3) is 5.91 Å². The third-order valence-electron chi connectivity index (χ3n) is 3.59. The molecule has 0 N–H and O–H groups in total. The predicted molar refractivity (Wildman–Crippen MR) is 72.2 cm³/mol. The summed E-state index contributed by atoms with van der Waals surface area (Å²) in [6, 6.07) is 3.78. The van der Waals surface area contributed by atoms with Gasteiger partial charge in [0.1, 0.15) is 11.5 Å². The van der Waals surface area contributed by atoms with Crippen LogP contribution in [0.1, 0.15) is 11.1 Å². The number of anilines is 1. The van der Waals surface area contributed by atoms with Crippen LogP contribution in [0.5, 0.6) is 5.75 Å². The summed E-state index contributed by atoms with van der Waals surface area (Å²) in [6.07, 6.45) is 0.414. The zero-order chi connectivity index (χ0) is 14.3. The van der Waals surface area contributed by atoms with E-state index < -0.39 is 5.97 Å². The van der Waals surface area contributed by atoms with E-state index in [1.54, 1.807) is 11.9 Å². The molecule has 2 heterocycles. The molecule has 0 bridgehead atoms. The van der Waals surface area contributed by atoms with Crippen molar-refractivity contribution in [2.75, 3.05) is 25.7 Å². The van der Waals surface area contributed by atoms with E-state index in [4.69, 9.17) is 9.47 Å². The molecule has 6 heteroatoms. The van der Waals surface area contributed by atoms with Crippen molar-refractivity contribution in [3.8, 4) is 5.75 Å². The summed E-state index contributed by atoms with van der Waals surface area (Å²) in [5, 5.41) is 0. The lowest BCUT2D eigenvalue weighted by molar-refractivity contribution is -0.132. The molecule has 20 heavy (non-hydrogen) atoms. The second-order valence-electron chi connectivity index (χ2n) is 4.76. The Morgan fingerprint density at radius 3 is 2.95 bits per heavy atom. The van der Waals surface area contributed by atoms with Crippen molar-refractivity contribution in [1.29, 1.82) is 0 Å². The highest BCUT2D eigenvalue weighted by Crippen LogP contribution is 2.35. The Bertz CT molecular complexity index is 636. The molecule has 0 aliphatic carbocycles. The SMILES string of the molecule is COC(=O)C1=NCc2cc3c(cc2C1)N(C)C(=O)CO3. The van der Waals surface area contributed by atoms with Crippen molar-refractivity contribution in [2.24, 2.45) is 4.99 Å². The summed E-state index contributed by atoms with van der Waals surface area (Å²) in [4.78, 5) is 29.0. The molecule has 1 aromatic rings. The van der Waals surface area contributed by atoms with Crippen molar-refractivity contribution >= 4 is 23.3 Å². The summed E-state index contributed by atoms with van der Waals surface area (Å²) >= 11 is 0. The van der Waals surface area contributed by atoms with Gasteiger partial charge in [-0.25, -0.2) is 4.79 Å². The molecule has 0 saturated heterocycles. The van der Waals surface area contributed by atoms with E-state index in [2.05, 4.69) is 4.99 Å². The number of hydrogen-bond donors (Lipinski definition) is 0. The van der Waals surface area contributed by atoms with Gasteiger partial charge in [0.05, 0.1) is 19.3 Å². The third kappa shape index (κ3) is 1.93. The Balaban J connectivity index is 1.98. The van der Waals surface area contributed by atoms with Crippen LogP contribution in [0.25, 0.3) is 0 Å². The molecule has 0 spiro atoms. The number of benzene rings is 1. The Hall–Kier alpha value is -2.37. The van der Waals surface area contributed by atoms with E-state index >= 15 is 0 Å². The van der Waals surface area contributed by atoms with Gasteiger partial charge in [-0.05, 0) is 23.3 Å². The molecule has 6 nitrogen and oxygen atoms in total. The number of nitrogens with zero attached hydrogens (tertiary/aromatic N) is 2. The van der Waals surface area contributed by atoms with Crippen molar-refractivity contribution < 1.29 is 19.1 Å². The van der Waals surface area contributed by atoms with Gasteiger partial charge in [0.2, 0.25) is 0 Å². The van der Waals surface area contributed by atoms with Crippen LogP contribution < -0.4 is 9.64 Å². The topological polar surface area (TPSA) is 68.2 Å². The van der Waals surface area contributed by atoms with Gasteiger partial charge in [0, 0.05) is 13.5 Å². The molecule has 2 aliphatic rings. The first kappa shape index (κ1) is 12.7. The highest BCUT2D eigenvalue weighted by Gasteiger charge is 2.26. The zero-order valence-electron chi connectivity index (χ0n) is 11.3. The van der Waals surface area contributed by atoms with Crippen LogP contribution in [0.3, 0.4) is 0 Å². The number of carbonyl (C=O) groups excluding carboxylic acids is 2. The minimum absolute atomic E-state index is 0.0545. The fraction of sp³-hybridized carbons (Fsp3) is 0.357. The van der Waals surface area contributed by atoms with Gasteiger partial charge in [0.15, 0.2) is 6.61 Å². The van der Waals surface area contributed by atoms with Gasteiger partial charge < -0.3 is 14.4 Å². The van der Waals surface area contributed by atoms with Crippen LogP contribution in [-0.2, 0) is 27.3 Å². The quantitative estimate of drug-likeness (QED) is 0.707. The molecule has 0 saturated carbocycles. The predicted octanol–water partition coefficient (Wildman–Crippen LogP) is 0.712. The molecule has 0 radical (unpaired) electrons. The number of amides is 1. The number of aliphatic imine (C=N–C) groups is 1. The van der Waals surface area contributed by atoms with Crippen LogP contribution in [0, 0.1) is 0 Å². The first-order valence-corrected chi connectivity index (χ1v) is 6.27. The second-order valence-corrected chi connectivity index (χ2v) is 4.76. The maximum atomic E-state index is 11.6. The lowest BCUT2D eigenvalue weighted by atomic mass is 9.97. The smallest absolute Gasteiger partial charge is 0.352 e. The highest BCUT2D eigenvalue weighted by molar-refractivity contribution is 6.37. The fourth-order valence-corrected chi connectivity index (χ4v) is 2.39.